The second-order valence-corrected chi connectivity index (χ2v) is 4.58. The Hall–Kier alpha value is -2.65. The van der Waals surface area contributed by atoms with Gasteiger partial charge in [0.25, 0.3) is 5.91 Å². The molecule has 1 aromatic heterocycles. The maximum absolute atomic E-state index is 12.2. The molecule has 2 aromatic rings. The van der Waals surface area contributed by atoms with Crippen molar-refractivity contribution in [2.75, 3.05) is 14.2 Å². The van der Waals surface area contributed by atoms with E-state index in [1.54, 1.807) is 38.4 Å². The van der Waals surface area contributed by atoms with Gasteiger partial charge in [0.15, 0.2) is 11.5 Å². The van der Waals surface area contributed by atoms with Crippen LogP contribution < -0.4 is 0 Å². The Morgan fingerprint density at radius 3 is 3.00 bits per heavy atom. The summed E-state index contributed by atoms with van der Waals surface area (Å²) in [5.74, 6) is 0.254. The van der Waals surface area contributed by atoms with Gasteiger partial charge in [0, 0.05) is 26.8 Å². The predicted octanol–water partition coefficient (Wildman–Crippen LogP) is 1.96. The number of carbonyl (C=O) groups is 1. The lowest BCUT2D eigenvalue weighted by Crippen LogP contribution is -2.26. The van der Waals surface area contributed by atoms with Crippen LogP contribution in [0.3, 0.4) is 0 Å². The van der Waals surface area contributed by atoms with Gasteiger partial charge in [-0.05, 0) is 17.7 Å². The fraction of sp³-hybridized carbons (Fsp3) is 0.267. The second kappa shape index (κ2) is 6.68. The van der Waals surface area contributed by atoms with Crippen molar-refractivity contribution < 1.29 is 14.1 Å². The van der Waals surface area contributed by atoms with Gasteiger partial charge in [-0.15, -0.1) is 0 Å². The molecule has 6 nitrogen and oxygen atoms in total. The summed E-state index contributed by atoms with van der Waals surface area (Å²) in [7, 11) is 3.21. The smallest absolute Gasteiger partial charge is 0.276 e. The normalized spacial score (nSPS) is 10.1. The van der Waals surface area contributed by atoms with E-state index in [1.165, 1.54) is 4.90 Å². The molecule has 0 aliphatic heterocycles. The molecule has 0 unspecified atom stereocenters. The van der Waals surface area contributed by atoms with E-state index in [1.807, 2.05) is 6.07 Å². The summed E-state index contributed by atoms with van der Waals surface area (Å²) in [5.41, 5.74) is 1.68. The minimum Gasteiger partial charge on any atom is -0.377 e. The van der Waals surface area contributed by atoms with Crippen LogP contribution >= 0.6 is 0 Å². The van der Waals surface area contributed by atoms with Crippen molar-refractivity contribution in [3.63, 3.8) is 0 Å². The molecule has 0 N–H and O–H groups in total. The second-order valence-electron chi connectivity index (χ2n) is 4.58. The van der Waals surface area contributed by atoms with Crippen molar-refractivity contribution in [1.29, 1.82) is 5.26 Å². The van der Waals surface area contributed by atoms with E-state index in [4.69, 9.17) is 14.5 Å². The van der Waals surface area contributed by atoms with Gasteiger partial charge in [0.1, 0.15) is 6.61 Å². The number of nitrogens with zero attached hydrogens (tertiary/aromatic N) is 3. The Morgan fingerprint density at radius 1 is 1.48 bits per heavy atom. The Kier molecular flexibility index (Phi) is 4.69. The minimum absolute atomic E-state index is 0.237. The van der Waals surface area contributed by atoms with Crippen molar-refractivity contribution in [1.82, 2.24) is 10.1 Å². The molecule has 2 rings (SSSR count). The van der Waals surface area contributed by atoms with Crippen LogP contribution in [0.1, 0.15) is 27.4 Å². The molecule has 1 heterocycles. The monoisotopic (exact) mass is 285 g/mol. The van der Waals surface area contributed by atoms with Crippen molar-refractivity contribution in [2.45, 2.75) is 13.2 Å². The third-order valence-electron chi connectivity index (χ3n) is 2.89. The number of hydrogen-bond acceptors (Lipinski definition) is 5. The van der Waals surface area contributed by atoms with Crippen molar-refractivity contribution in [3.05, 3.63) is 52.9 Å². The third-order valence-corrected chi connectivity index (χ3v) is 2.89. The first-order valence-electron chi connectivity index (χ1n) is 6.33. The molecular weight excluding hydrogens is 270 g/mol. The molecule has 0 aliphatic carbocycles. The Bertz CT molecular complexity index is 673. The summed E-state index contributed by atoms with van der Waals surface area (Å²) in [4.78, 5) is 13.7. The van der Waals surface area contributed by atoms with Crippen LogP contribution in [0, 0.1) is 11.3 Å². The van der Waals surface area contributed by atoms with Crippen molar-refractivity contribution in [2.24, 2.45) is 0 Å². The SMILES string of the molecule is COCc1cc(C(=O)N(C)Cc2cccc(C#N)c2)no1. The first-order chi connectivity index (χ1) is 10.1. The molecule has 1 aromatic carbocycles. The zero-order valence-electron chi connectivity index (χ0n) is 11.9. The van der Waals surface area contributed by atoms with E-state index in [0.29, 0.717) is 17.9 Å². The molecule has 0 spiro atoms. The minimum atomic E-state index is -0.247. The largest absolute Gasteiger partial charge is 0.377 e. The van der Waals surface area contributed by atoms with E-state index in [9.17, 15) is 4.79 Å². The number of aromatic nitrogens is 1. The number of hydrogen-bond donors (Lipinski definition) is 0. The van der Waals surface area contributed by atoms with Gasteiger partial charge in [0.2, 0.25) is 0 Å². The molecule has 0 saturated carbocycles. The van der Waals surface area contributed by atoms with E-state index in [-0.39, 0.29) is 18.2 Å². The third kappa shape index (κ3) is 3.68. The van der Waals surface area contributed by atoms with Gasteiger partial charge in [-0.1, -0.05) is 17.3 Å². The molecule has 0 radical (unpaired) electrons. The van der Waals surface area contributed by atoms with Gasteiger partial charge in [-0.3, -0.25) is 4.79 Å². The van der Waals surface area contributed by atoms with Gasteiger partial charge in [0.05, 0.1) is 11.6 Å². The topological polar surface area (TPSA) is 79.4 Å². The number of nitriles is 1. The van der Waals surface area contributed by atoms with Crippen LogP contribution in [0.2, 0.25) is 0 Å². The van der Waals surface area contributed by atoms with E-state index in [2.05, 4.69) is 11.2 Å². The summed E-state index contributed by atoms with van der Waals surface area (Å²) >= 11 is 0. The number of rotatable bonds is 5. The van der Waals surface area contributed by atoms with Crippen LogP contribution in [-0.2, 0) is 17.9 Å². The maximum atomic E-state index is 12.2. The molecule has 0 bridgehead atoms. The fourth-order valence-corrected chi connectivity index (χ4v) is 1.90. The highest BCUT2D eigenvalue weighted by Gasteiger charge is 2.17. The molecule has 21 heavy (non-hydrogen) atoms. The summed E-state index contributed by atoms with van der Waals surface area (Å²) in [6.07, 6.45) is 0. The average molecular weight is 285 g/mol. The molecule has 0 atom stereocenters. The molecule has 0 fully saturated rings. The van der Waals surface area contributed by atoms with Crippen molar-refractivity contribution in [3.8, 4) is 6.07 Å². The lowest BCUT2D eigenvalue weighted by molar-refractivity contribution is 0.0774. The van der Waals surface area contributed by atoms with Crippen LogP contribution in [0.25, 0.3) is 0 Å². The first-order valence-corrected chi connectivity index (χ1v) is 6.33. The predicted molar refractivity (Wildman–Crippen MR) is 74.2 cm³/mol. The maximum Gasteiger partial charge on any atom is 0.276 e. The summed E-state index contributed by atoms with van der Waals surface area (Å²) in [6.45, 7) is 0.662. The van der Waals surface area contributed by atoms with Crippen LogP contribution in [0.4, 0.5) is 0 Å². The Balaban J connectivity index is 2.06. The average Bonchev–Trinajstić information content (AvgIpc) is 2.95. The fourth-order valence-electron chi connectivity index (χ4n) is 1.90. The molecular formula is C15H15N3O3. The van der Waals surface area contributed by atoms with Crippen LogP contribution in [0.5, 0.6) is 0 Å². The zero-order valence-corrected chi connectivity index (χ0v) is 11.9. The highest BCUT2D eigenvalue weighted by atomic mass is 16.5. The number of carbonyl (C=O) groups excluding carboxylic acids is 1. The molecule has 108 valence electrons. The van der Waals surface area contributed by atoms with Crippen LogP contribution in [0.15, 0.2) is 34.9 Å². The molecule has 1 amide bonds. The molecule has 0 aliphatic rings. The zero-order chi connectivity index (χ0) is 15.2. The van der Waals surface area contributed by atoms with Gasteiger partial charge < -0.3 is 14.2 Å². The Labute approximate surface area is 122 Å². The number of methoxy groups -OCH3 is 1. The van der Waals surface area contributed by atoms with Crippen molar-refractivity contribution >= 4 is 5.91 Å². The first kappa shape index (κ1) is 14.8. The van der Waals surface area contributed by atoms with Gasteiger partial charge >= 0.3 is 0 Å². The number of benzene rings is 1. The number of amides is 1. The van der Waals surface area contributed by atoms with E-state index >= 15 is 0 Å². The highest BCUT2D eigenvalue weighted by molar-refractivity contribution is 5.92. The summed E-state index contributed by atoms with van der Waals surface area (Å²) in [5, 5.41) is 12.6. The Morgan fingerprint density at radius 2 is 2.29 bits per heavy atom. The van der Waals surface area contributed by atoms with Gasteiger partial charge in [-0.25, -0.2) is 0 Å². The molecule has 0 saturated heterocycles. The number of ether oxygens (including phenoxy) is 1. The highest BCUT2D eigenvalue weighted by Crippen LogP contribution is 2.11. The summed E-state index contributed by atoms with van der Waals surface area (Å²) in [6, 6.07) is 10.8. The standard InChI is InChI=1S/C15H15N3O3/c1-18(9-12-5-3-4-11(6-12)8-16)15(19)14-7-13(10-20-2)21-17-14/h3-7H,9-10H2,1-2H3. The van der Waals surface area contributed by atoms with Gasteiger partial charge in [-0.2, -0.15) is 5.26 Å². The quantitative estimate of drug-likeness (QED) is 0.839. The lowest BCUT2D eigenvalue weighted by atomic mass is 10.1. The summed E-state index contributed by atoms with van der Waals surface area (Å²) < 4.78 is 9.91. The van der Waals surface area contributed by atoms with Crippen LogP contribution in [-0.4, -0.2) is 30.1 Å². The van der Waals surface area contributed by atoms with E-state index < -0.39 is 0 Å². The van der Waals surface area contributed by atoms with E-state index in [0.717, 1.165) is 5.56 Å². The lowest BCUT2D eigenvalue weighted by Gasteiger charge is -2.15. The molecule has 6 heteroatoms.